The molecule has 0 aromatic carbocycles. The fourth-order valence-electron chi connectivity index (χ4n) is 2.92. The lowest BCUT2D eigenvalue weighted by molar-refractivity contribution is -0.00628. The normalized spacial score (nSPS) is 30.6. The maximum Gasteiger partial charge on any atom is 0.0774 e. The third-order valence-corrected chi connectivity index (χ3v) is 4.26. The minimum atomic E-state index is -0.346. The maximum atomic E-state index is 10.3. The number of hydrogen-bond donors (Lipinski definition) is 1. The van der Waals surface area contributed by atoms with Crippen LogP contribution in [0.15, 0.2) is 0 Å². The number of aliphatic hydroxyl groups is 1. The van der Waals surface area contributed by atoms with Crippen LogP contribution in [0.3, 0.4) is 0 Å². The predicted octanol–water partition coefficient (Wildman–Crippen LogP) is 2.41. The second-order valence-corrected chi connectivity index (χ2v) is 6.37. The van der Waals surface area contributed by atoms with Crippen molar-refractivity contribution in [3.63, 3.8) is 0 Å². The molecule has 1 saturated carbocycles. The Labute approximate surface area is 93.7 Å². The van der Waals surface area contributed by atoms with Gasteiger partial charge in [0.05, 0.1) is 5.60 Å². The summed E-state index contributed by atoms with van der Waals surface area (Å²) >= 11 is 0. The highest BCUT2D eigenvalue weighted by molar-refractivity contribution is 4.89. The maximum absolute atomic E-state index is 10.3. The van der Waals surface area contributed by atoms with Crippen LogP contribution in [0.5, 0.6) is 0 Å². The summed E-state index contributed by atoms with van der Waals surface area (Å²) in [7, 11) is 0. The van der Waals surface area contributed by atoms with E-state index in [9.17, 15) is 5.11 Å². The molecule has 0 spiro atoms. The molecule has 1 aliphatic heterocycles. The van der Waals surface area contributed by atoms with E-state index in [1.165, 1.54) is 38.8 Å². The number of nitrogens with zero attached hydrogens (tertiary/aromatic N) is 1. The van der Waals surface area contributed by atoms with Gasteiger partial charge in [0.25, 0.3) is 0 Å². The first-order valence-electron chi connectivity index (χ1n) is 6.44. The second-order valence-electron chi connectivity index (χ2n) is 6.37. The van der Waals surface area contributed by atoms with Gasteiger partial charge in [-0.15, -0.1) is 0 Å². The lowest BCUT2D eigenvalue weighted by Crippen LogP contribution is -2.46. The number of β-amino-alcohol motifs (C(OH)–C–C–N with tert-alkyl or cyclic N) is 1. The number of piperidine rings is 1. The quantitative estimate of drug-likeness (QED) is 0.758. The van der Waals surface area contributed by atoms with Crippen molar-refractivity contribution in [2.45, 2.75) is 58.0 Å². The van der Waals surface area contributed by atoms with Crippen molar-refractivity contribution in [1.82, 2.24) is 4.90 Å². The Kier molecular flexibility index (Phi) is 3.09. The van der Waals surface area contributed by atoms with Gasteiger partial charge in [0, 0.05) is 6.54 Å². The molecule has 0 aromatic rings. The largest absolute Gasteiger partial charge is 0.389 e. The standard InChI is InChI=1S/C13H25NO/c1-12(2)7-9-14(10-8-12)11-13(15)5-3-4-6-13/h15H,3-11H2,1-2H3. The number of likely N-dealkylation sites (tertiary alicyclic amines) is 1. The van der Waals surface area contributed by atoms with Crippen LogP contribution in [-0.4, -0.2) is 35.2 Å². The molecular formula is C13H25NO. The summed E-state index contributed by atoms with van der Waals surface area (Å²) in [6, 6.07) is 0. The van der Waals surface area contributed by atoms with Gasteiger partial charge in [-0.25, -0.2) is 0 Å². The summed E-state index contributed by atoms with van der Waals surface area (Å²) in [5, 5.41) is 10.3. The zero-order valence-corrected chi connectivity index (χ0v) is 10.3. The van der Waals surface area contributed by atoms with Crippen LogP contribution in [0.4, 0.5) is 0 Å². The molecule has 15 heavy (non-hydrogen) atoms. The molecule has 0 unspecified atom stereocenters. The van der Waals surface area contributed by atoms with Gasteiger partial charge in [-0.2, -0.15) is 0 Å². The van der Waals surface area contributed by atoms with E-state index < -0.39 is 0 Å². The lowest BCUT2D eigenvalue weighted by atomic mass is 9.82. The van der Waals surface area contributed by atoms with E-state index >= 15 is 0 Å². The lowest BCUT2D eigenvalue weighted by Gasteiger charge is -2.40. The molecular weight excluding hydrogens is 186 g/mol. The molecule has 2 heteroatoms. The summed E-state index contributed by atoms with van der Waals surface area (Å²) in [6.45, 7) is 7.98. The Morgan fingerprint density at radius 2 is 1.53 bits per heavy atom. The van der Waals surface area contributed by atoms with Gasteiger partial charge in [-0.3, -0.25) is 0 Å². The van der Waals surface area contributed by atoms with Gasteiger partial charge < -0.3 is 10.0 Å². The highest BCUT2D eigenvalue weighted by Crippen LogP contribution is 2.34. The first-order chi connectivity index (χ1) is 6.99. The van der Waals surface area contributed by atoms with Crippen LogP contribution in [0.2, 0.25) is 0 Å². The fourth-order valence-corrected chi connectivity index (χ4v) is 2.92. The average Bonchev–Trinajstić information content (AvgIpc) is 2.57. The number of hydrogen-bond acceptors (Lipinski definition) is 2. The smallest absolute Gasteiger partial charge is 0.0774 e. The predicted molar refractivity (Wildman–Crippen MR) is 62.9 cm³/mol. The molecule has 1 N–H and O–H groups in total. The highest BCUT2D eigenvalue weighted by Gasteiger charge is 2.35. The zero-order chi connectivity index (χ0) is 10.9. The van der Waals surface area contributed by atoms with Crippen LogP contribution in [0, 0.1) is 5.41 Å². The van der Waals surface area contributed by atoms with Gasteiger partial charge in [0.2, 0.25) is 0 Å². The van der Waals surface area contributed by atoms with Crippen molar-refractivity contribution in [2.75, 3.05) is 19.6 Å². The Bertz CT molecular complexity index is 209. The van der Waals surface area contributed by atoms with Crippen LogP contribution >= 0.6 is 0 Å². The van der Waals surface area contributed by atoms with Crippen LogP contribution in [-0.2, 0) is 0 Å². The topological polar surface area (TPSA) is 23.5 Å². The van der Waals surface area contributed by atoms with Gasteiger partial charge >= 0.3 is 0 Å². The van der Waals surface area contributed by atoms with E-state index in [4.69, 9.17) is 0 Å². The van der Waals surface area contributed by atoms with Crippen molar-refractivity contribution in [1.29, 1.82) is 0 Å². The second kappa shape index (κ2) is 4.06. The van der Waals surface area contributed by atoms with Gasteiger partial charge in [-0.05, 0) is 44.2 Å². The monoisotopic (exact) mass is 211 g/mol. The molecule has 0 atom stereocenters. The molecule has 2 nitrogen and oxygen atoms in total. The van der Waals surface area contributed by atoms with Gasteiger partial charge in [0.15, 0.2) is 0 Å². The molecule has 1 heterocycles. The minimum Gasteiger partial charge on any atom is -0.389 e. The van der Waals surface area contributed by atoms with Crippen LogP contribution < -0.4 is 0 Å². The average molecular weight is 211 g/mol. The Morgan fingerprint density at radius 3 is 2.07 bits per heavy atom. The van der Waals surface area contributed by atoms with Crippen molar-refractivity contribution in [3.8, 4) is 0 Å². The molecule has 0 aromatic heterocycles. The molecule has 2 rings (SSSR count). The van der Waals surface area contributed by atoms with Crippen LogP contribution in [0.1, 0.15) is 52.4 Å². The van der Waals surface area contributed by atoms with Crippen molar-refractivity contribution in [3.05, 3.63) is 0 Å². The molecule has 0 bridgehead atoms. The first kappa shape index (κ1) is 11.4. The van der Waals surface area contributed by atoms with E-state index in [1.807, 2.05) is 0 Å². The van der Waals surface area contributed by atoms with Crippen molar-refractivity contribution >= 4 is 0 Å². The van der Waals surface area contributed by atoms with E-state index in [0.29, 0.717) is 5.41 Å². The van der Waals surface area contributed by atoms with E-state index in [2.05, 4.69) is 18.7 Å². The molecule has 2 aliphatic rings. The zero-order valence-electron chi connectivity index (χ0n) is 10.3. The first-order valence-corrected chi connectivity index (χ1v) is 6.44. The molecule has 2 fully saturated rings. The summed E-state index contributed by atoms with van der Waals surface area (Å²) in [6.07, 6.45) is 7.04. The van der Waals surface area contributed by atoms with E-state index in [-0.39, 0.29) is 5.60 Å². The fraction of sp³-hybridized carbons (Fsp3) is 1.00. The van der Waals surface area contributed by atoms with Crippen molar-refractivity contribution in [2.24, 2.45) is 5.41 Å². The molecule has 1 aliphatic carbocycles. The van der Waals surface area contributed by atoms with Gasteiger partial charge in [0.1, 0.15) is 0 Å². The summed E-state index contributed by atoms with van der Waals surface area (Å²) in [5.74, 6) is 0. The number of rotatable bonds is 2. The van der Waals surface area contributed by atoms with Crippen LogP contribution in [0.25, 0.3) is 0 Å². The Morgan fingerprint density at radius 1 is 1.00 bits per heavy atom. The summed E-state index contributed by atoms with van der Waals surface area (Å²) in [5.41, 5.74) is 0.177. The third-order valence-electron chi connectivity index (χ3n) is 4.26. The molecule has 88 valence electrons. The highest BCUT2D eigenvalue weighted by atomic mass is 16.3. The molecule has 0 radical (unpaired) electrons. The molecule has 0 amide bonds. The van der Waals surface area contributed by atoms with Gasteiger partial charge in [-0.1, -0.05) is 26.7 Å². The Hall–Kier alpha value is -0.0800. The van der Waals surface area contributed by atoms with E-state index in [0.717, 1.165) is 19.4 Å². The van der Waals surface area contributed by atoms with E-state index in [1.54, 1.807) is 0 Å². The summed E-state index contributed by atoms with van der Waals surface area (Å²) in [4.78, 5) is 2.47. The summed E-state index contributed by atoms with van der Waals surface area (Å²) < 4.78 is 0. The third kappa shape index (κ3) is 2.94. The van der Waals surface area contributed by atoms with Crippen molar-refractivity contribution < 1.29 is 5.11 Å². The SMILES string of the molecule is CC1(C)CCN(CC2(O)CCCC2)CC1. The minimum absolute atomic E-state index is 0.346. The Balaban J connectivity index is 1.81. The molecule has 1 saturated heterocycles.